The van der Waals surface area contributed by atoms with E-state index in [1.165, 1.54) is 0 Å². The maximum absolute atomic E-state index is 5.98. The number of nitrogens with one attached hydrogen (secondary N) is 1. The Hall–Kier alpha value is -1.52. The number of para-hydroxylation sites is 1. The molecule has 1 aliphatic rings. The highest BCUT2D eigenvalue weighted by atomic mass is 16.5. The molecule has 2 heterocycles. The van der Waals surface area contributed by atoms with Gasteiger partial charge in [-0.05, 0) is 38.3 Å². The Morgan fingerprint density at radius 2 is 2.29 bits per heavy atom. The van der Waals surface area contributed by atoms with Crippen molar-refractivity contribution in [1.82, 2.24) is 5.32 Å². The molecule has 3 unspecified atom stereocenters. The van der Waals surface area contributed by atoms with Crippen molar-refractivity contribution in [2.75, 3.05) is 20.3 Å². The molecule has 0 radical (unpaired) electrons. The van der Waals surface area contributed by atoms with Gasteiger partial charge >= 0.3 is 0 Å². The summed E-state index contributed by atoms with van der Waals surface area (Å²) in [5, 5.41) is 4.63. The number of rotatable bonds is 5. The number of fused-ring (bicyclic) bond motifs is 1. The molecule has 1 saturated heterocycles. The van der Waals surface area contributed by atoms with Crippen LogP contribution in [0.2, 0.25) is 0 Å². The molecule has 0 saturated carbocycles. The van der Waals surface area contributed by atoms with Crippen LogP contribution in [0.4, 0.5) is 0 Å². The SMILES string of the molecule is COc1cccc2cc(C(C)NCC3CCOC3C)oc12. The van der Waals surface area contributed by atoms with Gasteiger partial charge in [-0.3, -0.25) is 0 Å². The topological polar surface area (TPSA) is 43.6 Å². The summed E-state index contributed by atoms with van der Waals surface area (Å²) in [6.45, 7) is 6.11. The fourth-order valence-corrected chi connectivity index (χ4v) is 2.90. The normalized spacial score (nSPS) is 23.6. The first-order valence-electron chi connectivity index (χ1n) is 7.60. The van der Waals surface area contributed by atoms with E-state index in [0.29, 0.717) is 12.0 Å². The van der Waals surface area contributed by atoms with Gasteiger partial charge in [0.2, 0.25) is 0 Å². The zero-order valence-corrected chi connectivity index (χ0v) is 12.9. The van der Waals surface area contributed by atoms with Gasteiger partial charge in [0.15, 0.2) is 11.3 Å². The van der Waals surface area contributed by atoms with Crippen LogP contribution in [0, 0.1) is 5.92 Å². The molecule has 0 amide bonds. The van der Waals surface area contributed by atoms with Crippen LogP contribution in [0.3, 0.4) is 0 Å². The quantitative estimate of drug-likeness (QED) is 0.914. The molecule has 2 aromatic rings. The average Bonchev–Trinajstić information content (AvgIpc) is 3.10. The maximum Gasteiger partial charge on any atom is 0.176 e. The summed E-state index contributed by atoms with van der Waals surface area (Å²) in [5.41, 5.74) is 0.821. The largest absolute Gasteiger partial charge is 0.493 e. The van der Waals surface area contributed by atoms with Crippen LogP contribution in [0.1, 0.15) is 32.1 Å². The van der Waals surface area contributed by atoms with Crippen LogP contribution in [0.25, 0.3) is 11.0 Å². The predicted molar refractivity (Wildman–Crippen MR) is 82.7 cm³/mol. The molecule has 3 rings (SSSR count). The number of ether oxygens (including phenoxy) is 2. The van der Waals surface area contributed by atoms with Crippen LogP contribution in [-0.4, -0.2) is 26.4 Å². The van der Waals surface area contributed by atoms with Gasteiger partial charge in [-0.2, -0.15) is 0 Å². The molecule has 0 spiro atoms. The Labute approximate surface area is 125 Å². The van der Waals surface area contributed by atoms with Crippen LogP contribution in [-0.2, 0) is 4.74 Å². The van der Waals surface area contributed by atoms with E-state index in [4.69, 9.17) is 13.9 Å². The van der Waals surface area contributed by atoms with Crippen molar-refractivity contribution in [1.29, 1.82) is 0 Å². The molecule has 1 aromatic carbocycles. The van der Waals surface area contributed by atoms with E-state index in [9.17, 15) is 0 Å². The predicted octanol–water partition coefficient (Wildman–Crippen LogP) is 3.52. The lowest BCUT2D eigenvalue weighted by Crippen LogP contribution is -2.28. The molecule has 1 N–H and O–H groups in total. The third-order valence-electron chi connectivity index (χ3n) is 4.39. The van der Waals surface area contributed by atoms with E-state index in [-0.39, 0.29) is 6.04 Å². The highest BCUT2D eigenvalue weighted by Crippen LogP contribution is 2.31. The zero-order valence-electron chi connectivity index (χ0n) is 12.9. The van der Waals surface area contributed by atoms with Crippen LogP contribution >= 0.6 is 0 Å². The summed E-state index contributed by atoms with van der Waals surface area (Å²) >= 11 is 0. The average molecular weight is 289 g/mol. The second kappa shape index (κ2) is 6.08. The summed E-state index contributed by atoms with van der Waals surface area (Å²) in [5.74, 6) is 2.32. The van der Waals surface area contributed by atoms with Crippen molar-refractivity contribution < 1.29 is 13.9 Å². The van der Waals surface area contributed by atoms with E-state index >= 15 is 0 Å². The standard InChI is InChI=1S/C17H23NO3/c1-11(18-10-14-7-8-20-12(14)2)16-9-13-5-4-6-15(19-3)17(13)21-16/h4-6,9,11-12,14,18H,7-8,10H2,1-3H3. The van der Waals surface area contributed by atoms with E-state index in [0.717, 1.165) is 42.1 Å². The number of furan rings is 1. The summed E-state index contributed by atoms with van der Waals surface area (Å²) in [4.78, 5) is 0. The molecule has 1 fully saturated rings. The Morgan fingerprint density at radius 1 is 1.43 bits per heavy atom. The van der Waals surface area contributed by atoms with Crippen molar-refractivity contribution >= 4 is 11.0 Å². The monoisotopic (exact) mass is 289 g/mol. The van der Waals surface area contributed by atoms with Crippen molar-refractivity contribution in [3.8, 4) is 5.75 Å². The van der Waals surface area contributed by atoms with Crippen LogP contribution in [0.15, 0.2) is 28.7 Å². The van der Waals surface area contributed by atoms with Crippen molar-refractivity contribution in [3.63, 3.8) is 0 Å². The molecule has 114 valence electrons. The second-order valence-corrected chi connectivity index (χ2v) is 5.78. The van der Waals surface area contributed by atoms with Crippen molar-refractivity contribution in [3.05, 3.63) is 30.0 Å². The number of hydrogen-bond acceptors (Lipinski definition) is 4. The van der Waals surface area contributed by atoms with Gasteiger partial charge in [-0.1, -0.05) is 12.1 Å². The highest BCUT2D eigenvalue weighted by molar-refractivity contribution is 5.83. The minimum atomic E-state index is 0.176. The fourth-order valence-electron chi connectivity index (χ4n) is 2.90. The van der Waals surface area contributed by atoms with Gasteiger partial charge in [-0.15, -0.1) is 0 Å². The minimum absolute atomic E-state index is 0.176. The van der Waals surface area contributed by atoms with Gasteiger partial charge < -0.3 is 19.2 Å². The maximum atomic E-state index is 5.98. The van der Waals surface area contributed by atoms with Gasteiger partial charge in [-0.25, -0.2) is 0 Å². The van der Waals surface area contributed by atoms with Gasteiger partial charge in [0.25, 0.3) is 0 Å². The number of methoxy groups -OCH3 is 1. The smallest absolute Gasteiger partial charge is 0.176 e. The van der Waals surface area contributed by atoms with Crippen molar-refractivity contribution in [2.24, 2.45) is 5.92 Å². The van der Waals surface area contributed by atoms with Gasteiger partial charge in [0.1, 0.15) is 5.76 Å². The summed E-state index contributed by atoms with van der Waals surface area (Å²) in [6.07, 6.45) is 1.48. The molecule has 4 heteroatoms. The lowest BCUT2D eigenvalue weighted by atomic mass is 10.0. The lowest BCUT2D eigenvalue weighted by molar-refractivity contribution is 0.105. The fraction of sp³-hybridized carbons (Fsp3) is 0.529. The Bertz CT molecular complexity index is 607. The number of hydrogen-bond donors (Lipinski definition) is 1. The lowest BCUT2D eigenvalue weighted by Gasteiger charge is -2.17. The Balaban J connectivity index is 1.71. The van der Waals surface area contributed by atoms with Crippen LogP contribution in [0.5, 0.6) is 5.75 Å². The first-order chi connectivity index (χ1) is 10.2. The van der Waals surface area contributed by atoms with E-state index in [1.807, 2.05) is 18.2 Å². The molecule has 1 aromatic heterocycles. The van der Waals surface area contributed by atoms with Gasteiger partial charge in [0, 0.05) is 18.5 Å². The van der Waals surface area contributed by atoms with Gasteiger partial charge in [0.05, 0.1) is 19.3 Å². The molecular weight excluding hydrogens is 266 g/mol. The first-order valence-corrected chi connectivity index (χ1v) is 7.60. The third-order valence-corrected chi connectivity index (χ3v) is 4.39. The molecule has 0 bridgehead atoms. The zero-order chi connectivity index (χ0) is 14.8. The van der Waals surface area contributed by atoms with E-state index in [2.05, 4.69) is 25.2 Å². The molecule has 3 atom stereocenters. The summed E-state index contributed by atoms with van der Waals surface area (Å²) in [7, 11) is 1.67. The molecule has 0 aliphatic carbocycles. The minimum Gasteiger partial charge on any atom is -0.493 e. The third kappa shape index (κ3) is 2.92. The Morgan fingerprint density at radius 3 is 3.00 bits per heavy atom. The number of benzene rings is 1. The summed E-state index contributed by atoms with van der Waals surface area (Å²) < 4.78 is 16.9. The van der Waals surface area contributed by atoms with Crippen LogP contribution < -0.4 is 10.1 Å². The molecule has 21 heavy (non-hydrogen) atoms. The van der Waals surface area contributed by atoms with Crippen molar-refractivity contribution in [2.45, 2.75) is 32.4 Å². The first kappa shape index (κ1) is 14.4. The Kier molecular flexibility index (Phi) is 4.17. The molecule has 4 nitrogen and oxygen atoms in total. The molecular formula is C17H23NO3. The second-order valence-electron chi connectivity index (χ2n) is 5.78. The van der Waals surface area contributed by atoms with E-state index in [1.54, 1.807) is 7.11 Å². The van der Waals surface area contributed by atoms with E-state index < -0.39 is 0 Å². The molecule has 1 aliphatic heterocycles. The highest BCUT2D eigenvalue weighted by Gasteiger charge is 2.24. The summed E-state index contributed by atoms with van der Waals surface area (Å²) in [6, 6.07) is 8.21.